The molecule has 1 heterocycles. The third-order valence-electron chi connectivity index (χ3n) is 4.10. The molecule has 92 valence electrons. The first-order chi connectivity index (χ1) is 7.66. The van der Waals surface area contributed by atoms with Crippen molar-refractivity contribution in [1.82, 2.24) is 4.90 Å². The summed E-state index contributed by atoms with van der Waals surface area (Å²) in [5, 5.41) is 0. The van der Waals surface area contributed by atoms with E-state index in [0.29, 0.717) is 16.7 Å². The van der Waals surface area contributed by atoms with Crippen molar-refractivity contribution in [3.63, 3.8) is 0 Å². The molecule has 16 heavy (non-hydrogen) atoms. The number of hydrogen-bond donors (Lipinski definition) is 0. The van der Waals surface area contributed by atoms with Gasteiger partial charge in [0.05, 0.1) is 0 Å². The van der Waals surface area contributed by atoms with E-state index in [2.05, 4.69) is 27.8 Å². The van der Waals surface area contributed by atoms with Crippen LogP contribution in [0, 0.1) is 11.8 Å². The summed E-state index contributed by atoms with van der Waals surface area (Å²) in [4.78, 5) is 15.0. The van der Waals surface area contributed by atoms with Gasteiger partial charge in [-0.1, -0.05) is 22.9 Å². The molecule has 1 aliphatic carbocycles. The van der Waals surface area contributed by atoms with Crippen LogP contribution in [0.5, 0.6) is 0 Å². The van der Waals surface area contributed by atoms with Crippen LogP contribution < -0.4 is 0 Å². The minimum absolute atomic E-state index is 0.336. The first-order valence-electron chi connectivity index (χ1n) is 6.59. The molecule has 1 saturated carbocycles. The van der Waals surface area contributed by atoms with Crippen molar-refractivity contribution in [3.05, 3.63) is 0 Å². The number of carbonyl (C=O) groups excluding carboxylic acids is 1. The zero-order valence-electron chi connectivity index (χ0n) is 10.1. The second-order valence-corrected chi connectivity index (χ2v) is 6.75. The van der Waals surface area contributed by atoms with Gasteiger partial charge in [-0.25, -0.2) is 0 Å². The number of halogens is 1. The highest BCUT2D eigenvalue weighted by atomic mass is 79.9. The Hall–Kier alpha value is -0.0500. The van der Waals surface area contributed by atoms with Crippen molar-refractivity contribution in [2.24, 2.45) is 11.8 Å². The smallest absolute Gasteiger partial charge is 0.225 e. The zero-order valence-corrected chi connectivity index (χ0v) is 11.7. The quantitative estimate of drug-likeness (QED) is 0.679. The van der Waals surface area contributed by atoms with E-state index in [9.17, 15) is 4.79 Å². The van der Waals surface area contributed by atoms with E-state index in [1.165, 1.54) is 12.8 Å². The van der Waals surface area contributed by atoms with E-state index >= 15 is 0 Å². The van der Waals surface area contributed by atoms with Crippen molar-refractivity contribution < 1.29 is 4.79 Å². The molecule has 0 aromatic rings. The minimum Gasteiger partial charge on any atom is -0.342 e. The normalized spacial score (nSPS) is 32.8. The Labute approximate surface area is 107 Å². The lowest BCUT2D eigenvalue weighted by Gasteiger charge is -2.34. The third-order valence-corrected chi connectivity index (χ3v) is 5.02. The average Bonchev–Trinajstić information content (AvgIpc) is 2.30. The lowest BCUT2D eigenvalue weighted by molar-refractivity contribution is -0.137. The van der Waals surface area contributed by atoms with Crippen LogP contribution in [-0.4, -0.2) is 28.7 Å². The fraction of sp³-hybridized carbons (Fsp3) is 0.923. The SMILES string of the molecule is CC1CCC(C(=O)N2CCC(Br)CC2)CC1. The van der Waals surface area contributed by atoms with Crippen molar-refractivity contribution in [1.29, 1.82) is 0 Å². The van der Waals surface area contributed by atoms with Crippen LogP contribution in [0.1, 0.15) is 45.4 Å². The minimum atomic E-state index is 0.336. The lowest BCUT2D eigenvalue weighted by Crippen LogP contribution is -2.42. The van der Waals surface area contributed by atoms with E-state index < -0.39 is 0 Å². The van der Waals surface area contributed by atoms with Gasteiger partial charge in [-0.2, -0.15) is 0 Å². The first kappa shape index (κ1) is 12.4. The summed E-state index contributed by atoms with van der Waals surface area (Å²) in [5.74, 6) is 1.60. The van der Waals surface area contributed by atoms with Gasteiger partial charge in [0.1, 0.15) is 0 Å². The van der Waals surface area contributed by atoms with Crippen LogP contribution in [0.25, 0.3) is 0 Å². The standard InChI is InChI=1S/C13H22BrNO/c1-10-2-4-11(5-3-10)13(16)15-8-6-12(14)7-9-15/h10-12H,2-9H2,1H3. The van der Waals surface area contributed by atoms with Gasteiger partial charge >= 0.3 is 0 Å². The average molecular weight is 288 g/mol. The Bertz CT molecular complexity index is 216. The highest BCUT2D eigenvalue weighted by Gasteiger charge is 2.29. The van der Waals surface area contributed by atoms with Crippen molar-refractivity contribution in [3.8, 4) is 0 Å². The number of likely N-dealkylation sites (tertiary alicyclic amines) is 1. The summed E-state index contributed by atoms with van der Waals surface area (Å²) < 4.78 is 0. The fourth-order valence-electron chi connectivity index (χ4n) is 2.83. The fourth-order valence-corrected chi connectivity index (χ4v) is 3.24. The molecule has 2 nitrogen and oxygen atoms in total. The predicted molar refractivity (Wildman–Crippen MR) is 69.7 cm³/mol. The molecule has 0 N–H and O–H groups in total. The third kappa shape index (κ3) is 2.99. The largest absolute Gasteiger partial charge is 0.342 e. The van der Waals surface area contributed by atoms with E-state index in [4.69, 9.17) is 0 Å². The second-order valence-electron chi connectivity index (χ2n) is 5.46. The molecule has 0 bridgehead atoms. The molecule has 0 unspecified atom stereocenters. The monoisotopic (exact) mass is 287 g/mol. The summed E-state index contributed by atoms with van der Waals surface area (Å²) in [5.41, 5.74) is 0. The van der Waals surface area contributed by atoms with Gasteiger partial charge in [-0.15, -0.1) is 0 Å². The van der Waals surface area contributed by atoms with E-state index in [1.807, 2.05) is 0 Å². The van der Waals surface area contributed by atoms with Gasteiger partial charge in [-0.05, 0) is 44.4 Å². The molecular weight excluding hydrogens is 266 g/mol. The second kappa shape index (κ2) is 5.52. The maximum atomic E-state index is 12.3. The van der Waals surface area contributed by atoms with E-state index in [1.54, 1.807) is 0 Å². The van der Waals surface area contributed by atoms with Crippen molar-refractivity contribution in [2.75, 3.05) is 13.1 Å². The molecule has 0 spiro atoms. The van der Waals surface area contributed by atoms with Gasteiger partial charge in [-0.3, -0.25) is 4.79 Å². The van der Waals surface area contributed by atoms with E-state index in [-0.39, 0.29) is 0 Å². The summed E-state index contributed by atoms with van der Waals surface area (Å²) in [6, 6.07) is 0. The van der Waals surface area contributed by atoms with Gasteiger partial charge in [0.2, 0.25) is 5.91 Å². The Morgan fingerprint density at radius 1 is 1.06 bits per heavy atom. The van der Waals surface area contributed by atoms with E-state index in [0.717, 1.165) is 44.7 Å². The van der Waals surface area contributed by atoms with Crippen LogP contribution in [-0.2, 0) is 4.79 Å². The Balaban J connectivity index is 1.83. The maximum absolute atomic E-state index is 12.3. The summed E-state index contributed by atoms with van der Waals surface area (Å²) in [6.45, 7) is 4.22. The zero-order chi connectivity index (χ0) is 11.5. The summed E-state index contributed by atoms with van der Waals surface area (Å²) in [7, 11) is 0. The number of amides is 1. The Kier molecular flexibility index (Phi) is 4.28. The van der Waals surface area contributed by atoms with Crippen molar-refractivity contribution in [2.45, 2.75) is 50.3 Å². The van der Waals surface area contributed by atoms with Gasteiger partial charge in [0.15, 0.2) is 0 Å². The molecule has 3 heteroatoms. The number of nitrogens with zero attached hydrogens (tertiary/aromatic N) is 1. The van der Waals surface area contributed by atoms with Crippen molar-refractivity contribution >= 4 is 21.8 Å². The van der Waals surface area contributed by atoms with Crippen LogP contribution in [0.2, 0.25) is 0 Å². The number of carbonyl (C=O) groups is 1. The van der Waals surface area contributed by atoms with Crippen LogP contribution in [0.4, 0.5) is 0 Å². The van der Waals surface area contributed by atoms with Crippen LogP contribution in [0.3, 0.4) is 0 Å². The summed E-state index contributed by atoms with van der Waals surface area (Å²) in [6.07, 6.45) is 6.96. The highest BCUT2D eigenvalue weighted by molar-refractivity contribution is 9.09. The van der Waals surface area contributed by atoms with Gasteiger partial charge in [0, 0.05) is 23.8 Å². The number of piperidine rings is 1. The molecule has 1 saturated heterocycles. The first-order valence-corrected chi connectivity index (χ1v) is 7.51. The maximum Gasteiger partial charge on any atom is 0.225 e. The predicted octanol–water partition coefficient (Wildman–Crippen LogP) is 3.20. The number of rotatable bonds is 1. The number of alkyl halides is 1. The molecule has 1 aliphatic heterocycles. The molecule has 1 amide bonds. The van der Waals surface area contributed by atoms with Crippen LogP contribution >= 0.6 is 15.9 Å². The summed E-state index contributed by atoms with van der Waals surface area (Å²) >= 11 is 3.63. The molecule has 0 radical (unpaired) electrons. The molecule has 0 atom stereocenters. The highest BCUT2D eigenvalue weighted by Crippen LogP contribution is 2.30. The molecule has 0 aromatic heterocycles. The molecule has 2 fully saturated rings. The lowest BCUT2D eigenvalue weighted by atomic mass is 9.82. The molecule has 2 rings (SSSR count). The molecule has 2 aliphatic rings. The number of hydrogen-bond acceptors (Lipinski definition) is 1. The molecular formula is C13H22BrNO. The molecule has 0 aromatic carbocycles. The Morgan fingerprint density at radius 3 is 2.19 bits per heavy atom. The van der Waals surface area contributed by atoms with Gasteiger partial charge in [0.25, 0.3) is 0 Å². The Morgan fingerprint density at radius 2 is 1.62 bits per heavy atom. The van der Waals surface area contributed by atoms with Crippen LogP contribution in [0.15, 0.2) is 0 Å². The topological polar surface area (TPSA) is 20.3 Å². The van der Waals surface area contributed by atoms with Gasteiger partial charge < -0.3 is 4.90 Å².